The lowest BCUT2D eigenvalue weighted by Gasteiger charge is -2.05. The van der Waals surface area contributed by atoms with Crippen molar-refractivity contribution < 1.29 is 0 Å². The Morgan fingerprint density at radius 1 is 1.12 bits per heavy atom. The van der Waals surface area contributed by atoms with E-state index in [1.54, 1.807) is 11.3 Å². The minimum Gasteiger partial charge on any atom is -0.253 e. The van der Waals surface area contributed by atoms with Gasteiger partial charge < -0.3 is 0 Å². The Morgan fingerprint density at radius 2 is 1.76 bits per heavy atom. The second kappa shape index (κ2) is 4.80. The summed E-state index contributed by atoms with van der Waals surface area (Å²) in [6.45, 7) is 8.30. The number of thiazole rings is 1. The maximum absolute atomic E-state index is 4.55. The SMILES string of the molecule is Cc1cc(C)c(N=Cc2nc(C)cs2)c(C)c1. The van der Waals surface area contributed by atoms with Crippen LogP contribution in [0.25, 0.3) is 0 Å². The van der Waals surface area contributed by atoms with Gasteiger partial charge in [-0.05, 0) is 38.8 Å². The third-order valence-corrected chi connectivity index (χ3v) is 3.47. The molecule has 1 heterocycles. The molecular weight excluding hydrogens is 228 g/mol. The predicted octanol–water partition coefficient (Wildman–Crippen LogP) is 4.13. The van der Waals surface area contributed by atoms with Gasteiger partial charge in [-0.15, -0.1) is 11.3 Å². The van der Waals surface area contributed by atoms with E-state index in [1.165, 1.54) is 16.7 Å². The lowest BCUT2D eigenvalue weighted by molar-refractivity contribution is 1.25. The van der Waals surface area contributed by atoms with Gasteiger partial charge in [-0.3, -0.25) is 4.99 Å². The van der Waals surface area contributed by atoms with Crippen LogP contribution in [0.15, 0.2) is 22.5 Å². The van der Waals surface area contributed by atoms with Gasteiger partial charge >= 0.3 is 0 Å². The van der Waals surface area contributed by atoms with Gasteiger partial charge in [-0.1, -0.05) is 17.7 Å². The van der Waals surface area contributed by atoms with Gasteiger partial charge in [-0.25, -0.2) is 4.98 Å². The molecule has 1 aromatic heterocycles. The quantitative estimate of drug-likeness (QED) is 0.729. The number of rotatable bonds is 2. The summed E-state index contributed by atoms with van der Waals surface area (Å²) >= 11 is 1.62. The van der Waals surface area contributed by atoms with Crippen LogP contribution >= 0.6 is 11.3 Å². The van der Waals surface area contributed by atoms with Crippen LogP contribution < -0.4 is 0 Å². The van der Waals surface area contributed by atoms with Crippen molar-refractivity contribution in [2.75, 3.05) is 0 Å². The van der Waals surface area contributed by atoms with Gasteiger partial charge in [0.25, 0.3) is 0 Å². The van der Waals surface area contributed by atoms with Crippen molar-refractivity contribution in [1.29, 1.82) is 0 Å². The zero-order valence-corrected chi connectivity index (χ0v) is 11.4. The highest BCUT2D eigenvalue weighted by molar-refractivity contribution is 7.11. The molecule has 2 aromatic rings. The van der Waals surface area contributed by atoms with E-state index < -0.39 is 0 Å². The van der Waals surface area contributed by atoms with Gasteiger partial charge in [0.05, 0.1) is 11.9 Å². The molecule has 3 heteroatoms. The molecule has 2 rings (SSSR count). The first-order valence-corrected chi connectivity index (χ1v) is 6.48. The van der Waals surface area contributed by atoms with Crippen LogP contribution in [0.2, 0.25) is 0 Å². The lowest BCUT2D eigenvalue weighted by atomic mass is 10.1. The number of aryl methyl sites for hydroxylation is 4. The highest BCUT2D eigenvalue weighted by Crippen LogP contribution is 2.25. The summed E-state index contributed by atoms with van der Waals surface area (Å²) in [6, 6.07) is 4.32. The van der Waals surface area contributed by atoms with Crippen LogP contribution in [0.3, 0.4) is 0 Å². The van der Waals surface area contributed by atoms with Crippen LogP contribution in [0.1, 0.15) is 27.4 Å². The van der Waals surface area contributed by atoms with Gasteiger partial charge in [0.1, 0.15) is 5.01 Å². The minimum atomic E-state index is 0.960. The number of benzene rings is 1. The zero-order valence-electron chi connectivity index (χ0n) is 10.6. The summed E-state index contributed by atoms with van der Waals surface area (Å²) in [5.41, 5.74) is 5.82. The average molecular weight is 244 g/mol. The molecular formula is C14H16N2S. The average Bonchev–Trinajstić information content (AvgIpc) is 2.62. The van der Waals surface area contributed by atoms with Crippen molar-refractivity contribution in [2.24, 2.45) is 4.99 Å². The van der Waals surface area contributed by atoms with Crippen molar-refractivity contribution in [1.82, 2.24) is 4.98 Å². The Morgan fingerprint density at radius 3 is 2.29 bits per heavy atom. The summed E-state index contributed by atoms with van der Waals surface area (Å²) < 4.78 is 0. The highest BCUT2D eigenvalue weighted by atomic mass is 32.1. The molecule has 0 aliphatic heterocycles. The molecule has 0 radical (unpaired) electrons. The lowest BCUT2D eigenvalue weighted by Crippen LogP contribution is -1.85. The maximum Gasteiger partial charge on any atom is 0.134 e. The second-order valence-electron chi connectivity index (χ2n) is 4.33. The topological polar surface area (TPSA) is 25.2 Å². The fourth-order valence-corrected chi connectivity index (χ4v) is 2.58. The third-order valence-electron chi connectivity index (χ3n) is 2.58. The summed E-state index contributed by atoms with van der Waals surface area (Å²) in [4.78, 5) is 8.92. The molecule has 0 saturated carbocycles. The summed E-state index contributed by atoms with van der Waals surface area (Å²) in [5.74, 6) is 0. The van der Waals surface area contributed by atoms with E-state index in [9.17, 15) is 0 Å². The van der Waals surface area contributed by atoms with E-state index >= 15 is 0 Å². The highest BCUT2D eigenvalue weighted by Gasteiger charge is 2.02. The summed E-state index contributed by atoms with van der Waals surface area (Å²) in [5, 5.41) is 3.00. The number of hydrogen-bond acceptors (Lipinski definition) is 3. The zero-order chi connectivity index (χ0) is 12.4. The summed E-state index contributed by atoms with van der Waals surface area (Å²) in [7, 11) is 0. The molecule has 1 aromatic carbocycles. The first-order valence-electron chi connectivity index (χ1n) is 5.60. The Hall–Kier alpha value is -1.48. The van der Waals surface area contributed by atoms with E-state index in [4.69, 9.17) is 0 Å². The van der Waals surface area contributed by atoms with Crippen molar-refractivity contribution in [3.05, 3.63) is 44.9 Å². The Balaban J connectivity index is 2.33. The van der Waals surface area contributed by atoms with E-state index in [-0.39, 0.29) is 0 Å². The molecule has 0 N–H and O–H groups in total. The first kappa shape index (κ1) is 12.0. The normalized spacial score (nSPS) is 11.3. The van der Waals surface area contributed by atoms with E-state index in [2.05, 4.69) is 42.9 Å². The number of hydrogen-bond donors (Lipinski definition) is 0. The van der Waals surface area contributed by atoms with E-state index in [0.29, 0.717) is 0 Å². The smallest absolute Gasteiger partial charge is 0.134 e. The number of nitrogens with zero attached hydrogens (tertiary/aromatic N) is 2. The molecule has 0 saturated heterocycles. The van der Waals surface area contributed by atoms with Crippen LogP contribution in [0.5, 0.6) is 0 Å². The van der Waals surface area contributed by atoms with Crippen molar-refractivity contribution >= 4 is 23.2 Å². The summed E-state index contributed by atoms with van der Waals surface area (Å²) in [6.07, 6.45) is 1.85. The van der Waals surface area contributed by atoms with E-state index in [0.717, 1.165) is 16.4 Å². The second-order valence-corrected chi connectivity index (χ2v) is 5.22. The van der Waals surface area contributed by atoms with Gasteiger partial charge in [0, 0.05) is 11.1 Å². The molecule has 0 amide bonds. The standard InChI is InChI=1S/C14H16N2S/c1-9-5-10(2)14(11(3)6-9)15-7-13-16-12(4)8-17-13/h5-8H,1-4H3. The molecule has 0 aliphatic rings. The molecule has 0 fully saturated rings. The minimum absolute atomic E-state index is 0.960. The van der Waals surface area contributed by atoms with Crippen molar-refractivity contribution in [3.63, 3.8) is 0 Å². The van der Waals surface area contributed by atoms with Gasteiger partial charge in [0.15, 0.2) is 0 Å². The number of aromatic nitrogens is 1. The molecule has 2 nitrogen and oxygen atoms in total. The molecule has 17 heavy (non-hydrogen) atoms. The predicted molar refractivity (Wildman–Crippen MR) is 74.8 cm³/mol. The molecule has 0 bridgehead atoms. The van der Waals surface area contributed by atoms with E-state index in [1.807, 2.05) is 18.5 Å². The third kappa shape index (κ3) is 2.80. The van der Waals surface area contributed by atoms with Crippen LogP contribution in [-0.2, 0) is 0 Å². The van der Waals surface area contributed by atoms with Crippen LogP contribution in [0, 0.1) is 27.7 Å². The Bertz CT molecular complexity index is 544. The fourth-order valence-electron chi connectivity index (χ4n) is 1.93. The Labute approximate surface area is 106 Å². The van der Waals surface area contributed by atoms with Gasteiger partial charge in [-0.2, -0.15) is 0 Å². The van der Waals surface area contributed by atoms with Crippen molar-refractivity contribution in [2.45, 2.75) is 27.7 Å². The molecule has 0 spiro atoms. The van der Waals surface area contributed by atoms with Crippen molar-refractivity contribution in [3.8, 4) is 0 Å². The molecule has 0 atom stereocenters. The monoisotopic (exact) mass is 244 g/mol. The van der Waals surface area contributed by atoms with Crippen LogP contribution in [0.4, 0.5) is 5.69 Å². The fraction of sp³-hybridized carbons (Fsp3) is 0.286. The molecule has 0 unspecified atom stereocenters. The van der Waals surface area contributed by atoms with Gasteiger partial charge in [0.2, 0.25) is 0 Å². The Kier molecular flexibility index (Phi) is 3.38. The molecule has 88 valence electrons. The largest absolute Gasteiger partial charge is 0.253 e. The number of aliphatic imine (C=N–C) groups is 1. The van der Waals surface area contributed by atoms with Crippen LogP contribution in [-0.4, -0.2) is 11.2 Å². The molecule has 0 aliphatic carbocycles. The first-order chi connectivity index (χ1) is 8.06. The maximum atomic E-state index is 4.55.